The van der Waals surface area contributed by atoms with Crippen LogP contribution in [0.5, 0.6) is 0 Å². The minimum absolute atomic E-state index is 0.261. The second-order valence-corrected chi connectivity index (χ2v) is 4.33. The van der Waals surface area contributed by atoms with Gasteiger partial charge in [0.1, 0.15) is 5.69 Å². The van der Waals surface area contributed by atoms with Gasteiger partial charge < -0.3 is 15.8 Å². The predicted molar refractivity (Wildman–Crippen MR) is 78.0 cm³/mol. The molecule has 0 unspecified atom stereocenters. The van der Waals surface area contributed by atoms with Crippen molar-refractivity contribution in [1.29, 1.82) is 0 Å². The van der Waals surface area contributed by atoms with Gasteiger partial charge in [0, 0.05) is 12.7 Å². The minimum Gasteiger partial charge on any atom is -0.462 e. The fourth-order valence-electron chi connectivity index (χ4n) is 1.86. The molecule has 1 aromatic carbocycles. The second-order valence-electron chi connectivity index (χ2n) is 4.33. The average molecular weight is 288 g/mol. The highest BCUT2D eigenvalue weighted by atomic mass is 16.5. The first-order chi connectivity index (χ1) is 10.0. The Kier molecular flexibility index (Phi) is 4.22. The van der Waals surface area contributed by atoms with Crippen molar-refractivity contribution in [1.82, 2.24) is 9.78 Å². The van der Waals surface area contributed by atoms with E-state index in [4.69, 9.17) is 10.5 Å². The van der Waals surface area contributed by atoms with Crippen molar-refractivity contribution in [3.8, 4) is 0 Å². The number of rotatable bonds is 4. The third-order valence-electron chi connectivity index (χ3n) is 2.81. The molecule has 21 heavy (non-hydrogen) atoms. The number of nitrogens with two attached hydrogens (primary N) is 1. The summed E-state index contributed by atoms with van der Waals surface area (Å²) in [7, 11) is 1.63. The molecule has 1 aromatic heterocycles. The molecule has 0 atom stereocenters. The van der Waals surface area contributed by atoms with Gasteiger partial charge in [0.15, 0.2) is 0 Å². The summed E-state index contributed by atoms with van der Waals surface area (Å²) >= 11 is 0. The van der Waals surface area contributed by atoms with Crippen molar-refractivity contribution in [2.75, 3.05) is 17.7 Å². The summed E-state index contributed by atoms with van der Waals surface area (Å²) in [6, 6.07) is 6.50. The van der Waals surface area contributed by atoms with Crippen molar-refractivity contribution >= 4 is 23.3 Å². The van der Waals surface area contributed by atoms with E-state index < -0.39 is 11.9 Å². The quantitative estimate of drug-likeness (QED) is 0.829. The highest BCUT2D eigenvalue weighted by Crippen LogP contribution is 2.15. The van der Waals surface area contributed by atoms with Crippen LogP contribution in [0.2, 0.25) is 0 Å². The molecule has 3 N–H and O–H groups in total. The lowest BCUT2D eigenvalue weighted by Crippen LogP contribution is -2.18. The van der Waals surface area contributed by atoms with Gasteiger partial charge in [0.25, 0.3) is 5.91 Å². The van der Waals surface area contributed by atoms with E-state index in [1.165, 1.54) is 10.9 Å². The van der Waals surface area contributed by atoms with Gasteiger partial charge in [-0.05, 0) is 25.1 Å². The maximum atomic E-state index is 12.2. The van der Waals surface area contributed by atoms with Crippen LogP contribution in [-0.2, 0) is 11.8 Å². The van der Waals surface area contributed by atoms with Gasteiger partial charge in [0.2, 0.25) is 0 Å². The van der Waals surface area contributed by atoms with Gasteiger partial charge in [-0.1, -0.05) is 6.07 Å². The molecule has 2 aromatic rings. The Morgan fingerprint density at radius 1 is 1.43 bits per heavy atom. The van der Waals surface area contributed by atoms with Gasteiger partial charge in [0.05, 0.1) is 24.1 Å². The normalized spacial score (nSPS) is 10.2. The van der Waals surface area contributed by atoms with E-state index in [1.807, 2.05) is 0 Å². The molecule has 1 heterocycles. The summed E-state index contributed by atoms with van der Waals surface area (Å²) in [6.45, 7) is 2.02. The number of anilines is 2. The van der Waals surface area contributed by atoms with Crippen molar-refractivity contribution in [3.05, 3.63) is 41.7 Å². The molecule has 0 radical (unpaired) electrons. The van der Waals surface area contributed by atoms with Crippen LogP contribution in [0.25, 0.3) is 0 Å². The number of nitrogens with one attached hydrogen (secondary N) is 1. The third-order valence-corrected chi connectivity index (χ3v) is 2.81. The van der Waals surface area contributed by atoms with E-state index in [-0.39, 0.29) is 11.4 Å². The zero-order chi connectivity index (χ0) is 15.4. The Labute approximate surface area is 121 Å². The lowest BCUT2D eigenvalue weighted by Gasteiger charge is -2.08. The number of benzene rings is 1. The molecule has 0 spiro atoms. The molecule has 0 saturated heterocycles. The molecule has 0 bridgehead atoms. The molecule has 2 rings (SSSR count). The number of aryl methyl sites for hydroxylation is 1. The van der Waals surface area contributed by atoms with E-state index in [9.17, 15) is 9.59 Å². The molecule has 0 aliphatic carbocycles. The highest BCUT2D eigenvalue weighted by molar-refractivity contribution is 6.06. The van der Waals surface area contributed by atoms with E-state index in [1.54, 1.807) is 38.2 Å². The number of ether oxygens (including phenoxy) is 1. The van der Waals surface area contributed by atoms with Gasteiger partial charge in [-0.15, -0.1) is 0 Å². The summed E-state index contributed by atoms with van der Waals surface area (Å²) in [5, 5.41) is 6.58. The van der Waals surface area contributed by atoms with Crippen molar-refractivity contribution in [3.63, 3.8) is 0 Å². The molecule has 110 valence electrons. The molecule has 0 aliphatic rings. The number of esters is 1. The molecule has 7 heteroatoms. The maximum absolute atomic E-state index is 12.2. The standard InChI is InChI=1S/C14H16N4O3/c1-3-21-14(20)9-5-4-6-10(7-9)17-13(19)12-11(15)8-16-18(12)2/h4-8H,3,15H2,1-2H3,(H,17,19). The number of hydrogen-bond acceptors (Lipinski definition) is 5. The Morgan fingerprint density at radius 3 is 2.81 bits per heavy atom. The maximum Gasteiger partial charge on any atom is 0.338 e. The third kappa shape index (κ3) is 3.19. The fourth-order valence-corrected chi connectivity index (χ4v) is 1.86. The molecule has 7 nitrogen and oxygen atoms in total. The highest BCUT2D eigenvalue weighted by Gasteiger charge is 2.15. The van der Waals surface area contributed by atoms with E-state index in [2.05, 4.69) is 10.4 Å². The number of nitrogen functional groups attached to an aromatic ring is 1. The zero-order valence-corrected chi connectivity index (χ0v) is 11.8. The van der Waals surface area contributed by atoms with Crippen LogP contribution in [0.4, 0.5) is 11.4 Å². The molecular weight excluding hydrogens is 272 g/mol. The van der Waals surface area contributed by atoms with Crippen molar-refractivity contribution in [2.45, 2.75) is 6.92 Å². The SMILES string of the molecule is CCOC(=O)c1cccc(NC(=O)c2c(N)cnn2C)c1. The predicted octanol–water partition coefficient (Wildman–Crippen LogP) is 1.43. The average Bonchev–Trinajstić information content (AvgIpc) is 2.78. The summed E-state index contributed by atoms with van der Waals surface area (Å²) in [6.07, 6.45) is 1.41. The Morgan fingerprint density at radius 2 is 2.19 bits per heavy atom. The lowest BCUT2D eigenvalue weighted by atomic mass is 10.2. The molecule has 0 fully saturated rings. The van der Waals surface area contributed by atoms with E-state index >= 15 is 0 Å². The summed E-state index contributed by atoms with van der Waals surface area (Å²) in [5.74, 6) is -0.831. The van der Waals surface area contributed by atoms with Crippen LogP contribution in [-0.4, -0.2) is 28.3 Å². The largest absolute Gasteiger partial charge is 0.462 e. The van der Waals surface area contributed by atoms with Gasteiger partial charge in [-0.3, -0.25) is 9.48 Å². The topological polar surface area (TPSA) is 99.2 Å². The van der Waals surface area contributed by atoms with Crippen LogP contribution in [0, 0.1) is 0 Å². The minimum atomic E-state index is -0.436. The number of carbonyl (C=O) groups is 2. The number of carbonyl (C=O) groups excluding carboxylic acids is 2. The molecule has 1 amide bonds. The number of amides is 1. The number of nitrogens with zero attached hydrogens (tertiary/aromatic N) is 2. The zero-order valence-electron chi connectivity index (χ0n) is 11.8. The monoisotopic (exact) mass is 288 g/mol. The van der Waals surface area contributed by atoms with Crippen LogP contribution in [0.15, 0.2) is 30.5 Å². The molecule has 0 aliphatic heterocycles. The molecular formula is C14H16N4O3. The summed E-state index contributed by atoms with van der Waals surface area (Å²) in [5.41, 5.74) is 7.09. The van der Waals surface area contributed by atoms with Crippen molar-refractivity contribution in [2.24, 2.45) is 7.05 Å². The first kappa shape index (κ1) is 14.6. The van der Waals surface area contributed by atoms with Crippen LogP contribution >= 0.6 is 0 Å². The fraction of sp³-hybridized carbons (Fsp3) is 0.214. The van der Waals surface area contributed by atoms with Crippen LogP contribution in [0.1, 0.15) is 27.8 Å². The lowest BCUT2D eigenvalue weighted by molar-refractivity contribution is 0.0526. The molecule has 0 saturated carbocycles. The van der Waals surface area contributed by atoms with Crippen LogP contribution in [0.3, 0.4) is 0 Å². The summed E-state index contributed by atoms with van der Waals surface area (Å²) in [4.78, 5) is 23.8. The first-order valence-electron chi connectivity index (χ1n) is 6.39. The Balaban J connectivity index is 2.18. The Hall–Kier alpha value is -2.83. The Bertz CT molecular complexity index is 659. The second kappa shape index (κ2) is 6.08. The van der Waals surface area contributed by atoms with Gasteiger partial charge in [-0.25, -0.2) is 4.79 Å². The first-order valence-corrected chi connectivity index (χ1v) is 6.39. The van der Waals surface area contributed by atoms with Crippen molar-refractivity contribution < 1.29 is 14.3 Å². The smallest absolute Gasteiger partial charge is 0.338 e. The van der Waals surface area contributed by atoms with Gasteiger partial charge in [-0.2, -0.15) is 5.10 Å². The number of hydrogen-bond donors (Lipinski definition) is 2. The summed E-state index contributed by atoms with van der Waals surface area (Å²) < 4.78 is 6.30. The van der Waals surface area contributed by atoms with E-state index in [0.717, 1.165) is 0 Å². The number of aromatic nitrogens is 2. The van der Waals surface area contributed by atoms with Crippen LogP contribution < -0.4 is 11.1 Å². The van der Waals surface area contributed by atoms with Gasteiger partial charge >= 0.3 is 5.97 Å². The van der Waals surface area contributed by atoms with E-state index in [0.29, 0.717) is 17.9 Å².